The van der Waals surface area contributed by atoms with Crippen LogP contribution in [-0.2, 0) is 10.1 Å². The summed E-state index contributed by atoms with van der Waals surface area (Å²) in [7, 11) is 0. The zero-order valence-electron chi connectivity index (χ0n) is 8.84. The topological polar surface area (TPSA) is 39.2 Å². The van der Waals surface area contributed by atoms with Gasteiger partial charge in [0.2, 0.25) is 0 Å². The van der Waals surface area contributed by atoms with Crippen LogP contribution in [0.5, 0.6) is 0 Å². The number of aromatic nitrogens is 1. The van der Waals surface area contributed by atoms with Crippen LogP contribution in [0.3, 0.4) is 0 Å². The van der Waals surface area contributed by atoms with Crippen LogP contribution in [0.25, 0.3) is 0 Å². The van der Waals surface area contributed by atoms with E-state index in [2.05, 4.69) is 20.9 Å². The zero-order chi connectivity index (χ0) is 13.0. The van der Waals surface area contributed by atoms with E-state index in [0.717, 1.165) is 6.20 Å². The number of ether oxygens (including phenoxy) is 1. The summed E-state index contributed by atoms with van der Waals surface area (Å²) in [6.07, 6.45) is -1.59. The molecule has 0 aliphatic heterocycles. The fraction of sp³-hybridized carbons (Fsp3) is 0.400. The Kier molecular flexibility index (Phi) is 5.71. The van der Waals surface area contributed by atoms with E-state index in [0.29, 0.717) is 9.13 Å². The first-order valence-corrected chi connectivity index (χ1v) is 6.91. The molecule has 0 atom stereocenters. The van der Waals surface area contributed by atoms with Gasteiger partial charge >= 0.3 is 5.97 Å². The van der Waals surface area contributed by atoms with Crippen molar-refractivity contribution in [1.82, 2.24) is 4.98 Å². The van der Waals surface area contributed by atoms with Gasteiger partial charge in [-0.25, -0.2) is 18.6 Å². The van der Waals surface area contributed by atoms with E-state index in [9.17, 15) is 13.6 Å². The molecule has 0 N–H and O–H groups in total. The molecule has 0 aliphatic carbocycles. The fourth-order valence-corrected chi connectivity index (χ4v) is 3.09. The predicted octanol–water partition coefficient (Wildman–Crippen LogP) is 3.70. The normalized spacial score (nSPS) is 10.7. The number of halogens is 4. The van der Waals surface area contributed by atoms with E-state index in [4.69, 9.17) is 4.74 Å². The number of carbonyl (C=O) groups is 1. The fourth-order valence-electron chi connectivity index (χ4n) is 1.20. The summed E-state index contributed by atoms with van der Waals surface area (Å²) in [5, 5.41) is 0.271. The summed E-state index contributed by atoms with van der Waals surface area (Å²) in [5.74, 6) is -0.597. The quantitative estimate of drug-likeness (QED) is 0.424. The van der Waals surface area contributed by atoms with Gasteiger partial charge in [0.15, 0.2) is 5.69 Å². The second-order valence-electron chi connectivity index (χ2n) is 3.01. The summed E-state index contributed by atoms with van der Waals surface area (Å²) in [6.45, 7) is 1.89. The van der Waals surface area contributed by atoms with Gasteiger partial charge < -0.3 is 4.74 Å². The van der Waals surface area contributed by atoms with Crippen LogP contribution in [-0.4, -0.2) is 17.6 Å². The first-order chi connectivity index (χ1) is 8.02. The van der Waals surface area contributed by atoms with Gasteiger partial charge in [0.05, 0.1) is 6.61 Å². The van der Waals surface area contributed by atoms with Gasteiger partial charge in [-0.15, -0.1) is 0 Å². The lowest BCUT2D eigenvalue weighted by molar-refractivity contribution is 0.0517. The van der Waals surface area contributed by atoms with Gasteiger partial charge in [-0.1, -0.05) is 15.9 Å². The number of hydrogen-bond acceptors (Lipinski definition) is 3. The van der Waals surface area contributed by atoms with Crippen LogP contribution >= 0.6 is 38.5 Å². The van der Waals surface area contributed by atoms with Gasteiger partial charge in [0.1, 0.15) is 0 Å². The predicted molar refractivity (Wildman–Crippen MR) is 70.5 cm³/mol. The van der Waals surface area contributed by atoms with Crippen LogP contribution in [0.2, 0.25) is 0 Å². The number of pyridine rings is 1. The molecule has 94 valence electrons. The highest BCUT2D eigenvalue weighted by Gasteiger charge is 2.22. The second-order valence-corrected chi connectivity index (χ2v) is 4.65. The molecule has 0 saturated heterocycles. The highest BCUT2D eigenvalue weighted by Crippen LogP contribution is 2.29. The minimum Gasteiger partial charge on any atom is -0.461 e. The lowest BCUT2D eigenvalue weighted by Crippen LogP contribution is -2.12. The molecule has 1 aromatic heterocycles. The maximum Gasteiger partial charge on any atom is 0.357 e. The van der Waals surface area contributed by atoms with E-state index in [1.807, 2.05) is 0 Å². The number of hydrogen-bond donors (Lipinski definition) is 0. The first kappa shape index (κ1) is 14.7. The van der Waals surface area contributed by atoms with Gasteiger partial charge in [0, 0.05) is 26.2 Å². The Labute approximate surface area is 119 Å². The molecule has 1 aromatic rings. The average molecular weight is 420 g/mol. The molecule has 1 heterocycles. The van der Waals surface area contributed by atoms with Crippen LogP contribution < -0.4 is 0 Å². The van der Waals surface area contributed by atoms with Gasteiger partial charge in [-0.3, -0.25) is 0 Å². The van der Waals surface area contributed by atoms with Crippen molar-refractivity contribution in [2.75, 3.05) is 6.61 Å². The maximum atomic E-state index is 12.6. The largest absolute Gasteiger partial charge is 0.461 e. The van der Waals surface area contributed by atoms with E-state index >= 15 is 0 Å². The first-order valence-electron chi connectivity index (χ1n) is 4.71. The summed E-state index contributed by atoms with van der Waals surface area (Å²) in [4.78, 5) is 15.3. The van der Waals surface area contributed by atoms with Crippen molar-refractivity contribution in [3.8, 4) is 0 Å². The van der Waals surface area contributed by atoms with Crippen molar-refractivity contribution in [3.05, 3.63) is 26.6 Å². The van der Waals surface area contributed by atoms with Gasteiger partial charge in [-0.05, 0) is 29.5 Å². The van der Waals surface area contributed by atoms with Crippen LogP contribution in [0, 0.1) is 3.57 Å². The molecule has 0 amide bonds. The van der Waals surface area contributed by atoms with E-state index in [1.165, 1.54) is 0 Å². The molecule has 0 fully saturated rings. The van der Waals surface area contributed by atoms with Crippen molar-refractivity contribution >= 4 is 44.5 Å². The molecule has 0 aromatic carbocycles. The monoisotopic (exact) mass is 419 g/mol. The molecule has 0 saturated carbocycles. The molecule has 1 rings (SSSR count). The minimum atomic E-state index is -2.61. The molecule has 3 nitrogen and oxygen atoms in total. The van der Waals surface area contributed by atoms with Crippen molar-refractivity contribution in [1.29, 1.82) is 0 Å². The Morgan fingerprint density at radius 3 is 2.76 bits per heavy atom. The lowest BCUT2D eigenvalue weighted by atomic mass is 10.1. The molecule has 7 heteroatoms. The Balaban J connectivity index is 3.25. The number of carbonyl (C=O) groups excluding carboxylic acids is 1. The minimum absolute atomic E-state index is 0.0810. The second kappa shape index (κ2) is 6.58. The Bertz CT molecular complexity index is 429. The summed E-state index contributed by atoms with van der Waals surface area (Å²) in [5.41, 5.74) is 0.340. The Hall–Kier alpha value is -0.310. The third-order valence-corrected chi connectivity index (χ3v) is 3.81. The number of rotatable bonds is 4. The molecular formula is C10H9BrF2INO2. The lowest BCUT2D eigenvalue weighted by Gasteiger charge is -2.11. The van der Waals surface area contributed by atoms with Gasteiger partial charge in [0.25, 0.3) is 6.43 Å². The summed E-state index contributed by atoms with van der Waals surface area (Å²) >= 11 is 4.95. The number of alkyl halides is 3. The van der Waals surface area contributed by atoms with Crippen LogP contribution in [0.15, 0.2) is 6.20 Å². The third-order valence-electron chi connectivity index (χ3n) is 1.97. The van der Waals surface area contributed by atoms with Crippen molar-refractivity contribution < 1.29 is 18.3 Å². The molecule has 0 aliphatic rings. The molecule has 0 spiro atoms. The van der Waals surface area contributed by atoms with Crippen molar-refractivity contribution in [2.45, 2.75) is 18.7 Å². The van der Waals surface area contributed by atoms with E-state index < -0.39 is 12.4 Å². The third kappa shape index (κ3) is 3.34. The smallest absolute Gasteiger partial charge is 0.357 e. The van der Waals surface area contributed by atoms with Gasteiger partial charge in [-0.2, -0.15) is 0 Å². The Morgan fingerprint density at radius 1 is 1.65 bits per heavy atom. The highest BCUT2D eigenvalue weighted by atomic mass is 127. The Morgan fingerprint density at radius 2 is 2.29 bits per heavy atom. The standard InChI is InChI=1S/C10H9BrF2INO2/c1-2-17-10(16)8-5(3-11)7(14)6(4-15-8)9(12)13/h4,9H,2-3H2,1H3. The highest BCUT2D eigenvalue weighted by molar-refractivity contribution is 14.1. The zero-order valence-corrected chi connectivity index (χ0v) is 12.6. The van der Waals surface area contributed by atoms with Crippen LogP contribution in [0.1, 0.15) is 35.0 Å². The summed E-state index contributed by atoms with van der Waals surface area (Å²) < 4.78 is 30.5. The number of esters is 1. The maximum absolute atomic E-state index is 12.6. The molecule has 0 radical (unpaired) electrons. The summed E-state index contributed by atoms with van der Waals surface area (Å²) in [6, 6.07) is 0. The molecule has 0 unspecified atom stereocenters. The van der Waals surface area contributed by atoms with Crippen LogP contribution in [0.4, 0.5) is 8.78 Å². The molecule has 17 heavy (non-hydrogen) atoms. The molecule has 0 bridgehead atoms. The molecular weight excluding hydrogens is 411 g/mol. The van der Waals surface area contributed by atoms with E-state index in [1.54, 1.807) is 29.5 Å². The average Bonchev–Trinajstić information content (AvgIpc) is 2.28. The van der Waals surface area contributed by atoms with Crippen molar-refractivity contribution in [3.63, 3.8) is 0 Å². The number of nitrogens with zero attached hydrogens (tertiary/aromatic N) is 1. The van der Waals surface area contributed by atoms with Crippen molar-refractivity contribution in [2.24, 2.45) is 0 Å². The SMILES string of the molecule is CCOC(=O)c1ncc(C(F)F)c(I)c1CBr. The van der Waals surface area contributed by atoms with E-state index in [-0.39, 0.29) is 23.2 Å².